The van der Waals surface area contributed by atoms with Crippen LogP contribution in [0.1, 0.15) is 20.8 Å². The largest absolute Gasteiger partial charge is 0.469 e. The van der Waals surface area contributed by atoms with Crippen LogP contribution < -0.4 is 0 Å². The summed E-state index contributed by atoms with van der Waals surface area (Å²) >= 11 is 1.60. The summed E-state index contributed by atoms with van der Waals surface area (Å²) in [4.78, 5) is 13.3. The quantitative estimate of drug-likeness (QED) is 0.588. The van der Waals surface area contributed by atoms with Crippen LogP contribution in [0.15, 0.2) is 17.1 Å². The highest BCUT2D eigenvalue weighted by molar-refractivity contribution is 7.07. The zero-order valence-electron chi connectivity index (χ0n) is 7.90. The Morgan fingerprint density at radius 1 is 1.50 bits per heavy atom. The van der Waals surface area contributed by atoms with Gasteiger partial charge in [0.1, 0.15) is 0 Å². The Morgan fingerprint density at radius 2 is 2.00 bits per heavy atom. The summed E-state index contributed by atoms with van der Waals surface area (Å²) in [7, 11) is 1.35. The third-order valence-electron chi connectivity index (χ3n) is 0.635. The van der Waals surface area contributed by atoms with Crippen molar-refractivity contribution in [3.05, 3.63) is 17.1 Å². The van der Waals surface area contributed by atoms with E-state index in [4.69, 9.17) is 0 Å². The Hall–Kier alpha value is -0.900. The molecule has 0 spiro atoms. The molecule has 4 heteroatoms. The molecule has 12 heavy (non-hydrogen) atoms. The van der Waals surface area contributed by atoms with Crippen LogP contribution in [0, 0.1) is 0 Å². The Labute approximate surface area is 77.4 Å². The molecule has 0 radical (unpaired) electrons. The lowest BCUT2D eigenvalue weighted by Crippen LogP contribution is -1.88. The minimum absolute atomic E-state index is 0.245. The molecule has 1 rings (SSSR count). The first-order valence-corrected chi connectivity index (χ1v) is 4.58. The van der Waals surface area contributed by atoms with Gasteiger partial charge >= 0.3 is 5.97 Å². The number of carbonyl (C=O) groups excluding carboxylic acids is 1. The third kappa shape index (κ3) is 16.0. The smallest absolute Gasteiger partial charge is 0.302 e. The maximum atomic E-state index is 9.59. The zero-order valence-corrected chi connectivity index (χ0v) is 8.72. The second kappa shape index (κ2) is 12.7. The fourth-order valence-electron chi connectivity index (χ4n) is 0.176. The number of hydrogen-bond acceptors (Lipinski definition) is 4. The van der Waals surface area contributed by atoms with Crippen LogP contribution in [0.2, 0.25) is 0 Å². The van der Waals surface area contributed by atoms with Gasteiger partial charge in [0.05, 0.1) is 12.6 Å². The lowest BCUT2D eigenvalue weighted by molar-refractivity contribution is -0.137. The molecule has 0 amide bonds. The summed E-state index contributed by atoms with van der Waals surface area (Å²) in [6.45, 7) is 5.36. The number of esters is 1. The zero-order chi connectivity index (χ0) is 9.82. The second-order valence-electron chi connectivity index (χ2n) is 1.37. The fraction of sp³-hybridized carbons (Fsp3) is 0.500. The van der Waals surface area contributed by atoms with Gasteiger partial charge in [-0.1, -0.05) is 13.8 Å². The van der Waals surface area contributed by atoms with E-state index in [1.54, 1.807) is 23.0 Å². The molecule has 1 heterocycles. The summed E-state index contributed by atoms with van der Waals surface area (Å²) in [5.41, 5.74) is 1.79. The summed E-state index contributed by atoms with van der Waals surface area (Å²) in [6, 6.07) is 0. The van der Waals surface area contributed by atoms with E-state index in [0.29, 0.717) is 0 Å². The molecule has 0 atom stereocenters. The highest BCUT2D eigenvalue weighted by Gasteiger charge is 1.75. The minimum Gasteiger partial charge on any atom is -0.469 e. The maximum absolute atomic E-state index is 9.59. The molecule has 0 bridgehead atoms. The average Bonchev–Trinajstić information content (AvgIpc) is 2.65. The van der Waals surface area contributed by atoms with Gasteiger partial charge in [-0.25, -0.2) is 0 Å². The summed E-state index contributed by atoms with van der Waals surface area (Å²) < 4.78 is 4.11. The van der Waals surface area contributed by atoms with Crippen molar-refractivity contribution in [2.24, 2.45) is 0 Å². The summed E-state index contributed by atoms with van der Waals surface area (Å²) in [5.74, 6) is -0.245. The molecule has 0 saturated heterocycles. The molecule has 0 aliphatic carbocycles. The molecule has 0 unspecified atom stereocenters. The topological polar surface area (TPSA) is 39.2 Å². The number of nitrogens with zero attached hydrogens (tertiary/aromatic N) is 1. The van der Waals surface area contributed by atoms with Crippen LogP contribution in [0.4, 0.5) is 0 Å². The fourth-order valence-corrected chi connectivity index (χ4v) is 0.527. The van der Waals surface area contributed by atoms with Crippen molar-refractivity contribution in [2.45, 2.75) is 20.8 Å². The molecular weight excluding hydrogens is 174 g/mol. The Bertz CT molecular complexity index is 146. The molecular formula is C8H15NO2S. The van der Waals surface area contributed by atoms with E-state index in [1.165, 1.54) is 14.0 Å². The van der Waals surface area contributed by atoms with Crippen molar-refractivity contribution >= 4 is 17.3 Å². The number of carbonyl (C=O) groups is 1. The molecule has 3 nitrogen and oxygen atoms in total. The Morgan fingerprint density at radius 3 is 2.08 bits per heavy atom. The van der Waals surface area contributed by atoms with Gasteiger partial charge in [0.2, 0.25) is 0 Å². The van der Waals surface area contributed by atoms with Crippen molar-refractivity contribution in [3.8, 4) is 0 Å². The van der Waals surface area contributed by atoms with E-state index in [2.05, 4.69) is 9.72 Å². The Balaban J connectivity index is 0. The number of rotatable bonds is 0. The van der Waals surface area contributed by atoms with E-state index in [9.17, 15) is 4.79 Å². The van der Waals surface area contributed by atoms with Gasteiger partial charge in [0.25, 0.3) is 0 Å². The van der Waals surface area contributed by atoms with Crippen molar-refractivity contribution in [1.29, 1.82) is 0 Å². The lowest BCUT2D eigenvalue weighted by Gasteiger charge is -1.80. The minimum atomic E-state index is -0.245. The molecule has 0 saturated carbocycles. The van der Waals surface area contributed by atoms with Gasteiger partial charge in [0, 0.05) is 18.5 Å². The monoisotopic (exact) mass is 189 g/mol. The highest BCUT2D eigenvalue weighted by Crippen LogP contribution is 1.85. The normalized spacial score (nSPS) is 6.67. The van der Waals surface area contributed by atoms with Crippen molar-refractivity contribution in [1.82, 2.24) is 4.98 Å². The summed E-state index contributed by atoms with van der Waals surface area (Å²) in [6.07, 6.45) is 1.77. The van der Waals surface area contributed by atoms with Gasteiger partial charge in [-0.2, -0.15) is 0 Å². The van der Waals surface area contributed by atoms with Crippen LogP contribution in [0.3, 0.4) is 0 Å². The van der Waals surface area contributed by atoms with Gasteiger partial charge in [-0.3, -0.25) is 9.78 Å². The predicted octanol–water partition coefficient (Wildman–Crippen LogP) is 2.35. The molecule has 1 aromatic heterocycles. The van der Waals surface area contributed by atoms with Crippen molar-refractivity contribution in [3.63, 3.8) is 0 Å². The third-order valence-corrected chi connectivity index (χ3v) is 1.16. The maximum Gasteiger partial charge on any atom is 0.302 e. The van der Waals surface area contributed by atoms with Crippen LogP contribution in [-0.2, 0) is 9.53 Å². The van der Waals surface area contributed by atoms with Gasteiger partial charge < -0.3 is 4.74 Å². The van der Waals surface area contributed by atoms with Crippen molar-refractivity contribution < 1.29 is 9.53 Å². The van der Waals surface area contributed by atoms with Gasteiger partial charge in [0.15, 0.2) is 0 Å². The van der Waals surface area contributed by atoms with Crippen LogP contribution >= 0.6 is 11.3 Å². The number of hydrogen-bond donors (Lipinski definition) is 0. The van der Waals surface area contributed by atoms with E-state index in [0.717, 1.165) is 0 Å². The van der Waals surface area contributed by atoms with E-state index in [1.807, 2.05) is 19.2 Å². The van der Waals surface area contributed by atoms with E-state index in [-0.39, 0.29) is 5.97 Å². The number of aromatic nitrogens is 1. The van der Waals surface area contributed by atoms with Crippen LogP contribution in [-0.4, -0.2) is 18.1 Å². The molecule has 0 aliphatic rings. The lowest BCUT2D eigenvalue weighted by atomic mass is 10.8. The SMILES string of the molecule is CC.COC(C)=O.c1cscn1. The molecule has 1 aromatic rings. The molecule has 0 aliphatic heterocycles. The average molecular weight is 189 g/mol. The number of ether oxygens (including phenoxy) is 1. The first-order valence-electron chi connectivity index (χ1n) is 3.64. The second-order valence-corrected chi connectivity index (χ2v) is 2.13. The molecule has 0 aromatic carbocycles. The first kappa shape index (κ1) is 13.7. The molecule has 0 N–H and O–H groups in total. The van der Waals surface area contributed by atoms with Crippen LogP contribution in [0.5, 0.6) is 0 Å². The van der Waals surface area contributed by atoms with Gasteiger partial charge in [-0.05, 0) is 0 Å². The first-order chi connectivity index (χ1) is 5.77. The number of thiazole rings is 1. The molecule has 0 fully saturated rings. The highest BCUT2D eigenvalue weighted by atomic mass is 32.1. The van der Waals surface area contributed by atoms with E-state index >= 15 is 0 Å². The standard InChI is InChI=1S/C3H3NS.C3H6O2.C2H6/c1-2-5-3-4-1;1-3(4)5-2;1-2/h1-3H;1-2H3;1-2H3. The molecule has 70 valence electrons. The van der Waals surface area contributed by atoms with Crippen LogP contribution in [0.25, 0.3) is 0 Å². The van der Waals surface area contributed by atoms with Crippen molar-refractivity contribution in [2.75, 3.05) is 7.11 Å². The summed E-state index contributed by atoms with van der Waals surface area (Å²) in [5, 5.41) is 1.93. The van der Waals surface area contributed by atoms with E-state index < -0.39 is 0 Å². The Kier molecular flexibility index (Phi) is 14.5. The number of methoxy groups -OCH3 is 1. The predicted molar refractivity (Wildman–Crippen MR) is 51.2 cm³/mol. The van der Waals surface area contributed by atoms with Gasteiger partial charge in [-0.15, -0.1) is 11.3 Å².